The lowest BCUT2D eigenvalue weighted by Crippen LogP contribution is -2.46. The Kier molecular flexibility index (Phi) is 4.31. The standard InChI is InChI=1S/C14H21N3O/c1-11(2)17(10-12-6-3-4-8-15-12)14(18)13-7-5-9-16-13/h3-4,6,8,11,13,16H,5,7,9-10H2,1-2H3. The minimum absolute atomic E-state index is 0.00360. The summed E-state index contributed by atoms with van der Waals surface area (Å²) in [6.07, 6.45) is 3.81. The molecule has 1 amide bonds. The predicted octanol–water partition coefficient (Wildman–Crippen LogP) is 1.57. The Bertz CT molecular complexity index is 385. The van der Waals surface area contributed by atoms with Crippen LogP contribution in [0.25, 0.3) is 0 Å². The number of carbonyl (C=O) groups is 1. The van der Waals surface area contributed by atoms with Crippen molar-refractivity contribution >= 4 is 5.91 Å². The highest BCUT2D eigenvalue weighted by molar-refractivity contribution is 5.82. The molecular weight excluding hydrogens is 226 g/mol. The quantitative estimate of drug-likeness (QED) is 0.878. The minimum Gasteiger partial charge on any atom is -0.333 e. The van der Waals surface area contributed by atoms with E-state index in [4.69, 9.17) is 0 Å². The zero-order chi connectivity index (χ0) is 13.0. The van der Waals surface area contributed by atoms with Crippen LogP contribution in [-0.2, 0) is 11.3 Å². The van der Waals surface area contributed by atoms with Gasteiger partial charge in [0.25, 0.3) is 0 Å². The lowest BCUT2D eigenvalue weighted by atomic mass is 10.1. The number of hydrogen-bond donors (Lipinski definition) is 1. The molecule has 1 aliphatic heterocycles. The van der Waals surface area contributed by atoms with E-state index in [-0.39, 0.29) is 18.0 Å². The van der Waals surface area contributed by atoms with Gasteiger partial charge in [-0.25, -0.2) is 0 Å². The zero-order valence-corrected chi connectivity index (χ0v) is 11.1. The highest BCUT2D eigenvalue weighted by Gasteiger charge is 2.28. The fourth-order valence-electron chi connectivity index (χ4n) is 2.28. The third kappa shape index (κ3) is 3.07. The average molecular weight is 247 g/mol. The first-order chi connectivity index (χ1) is 8.68. The van der Waals surface area contributed by atoms with Crippen molar-refractivity contribution in [3.8, 4) is 0 Å². The number of nitrogens with one attached hydrogen (secondary N) is 1. The molecule has 1 aromatic rings. The number of rotatable bonds is 4. The van der Waals surface area contributed by atoms with Crippen LogP contribution in [-0.4, -0.2) is 34.4 Å². The molecular formula is C14H21N3O. The normalized spacial score (nSPS) is 19.2. The summed E-state index contributed by atoms with van der Waals surface area (Å²) in [6.45, 7) is 5.65. The van der Waals surface area contributed by atoms with E-state index < -0.39 is 0 Å². The maximum absolute atomic E-state index is 12.4. The van der Waals surface area contributed by atoms with Gasteiger partial charge in [-0.1, -0.05) is 6.07 Å². The molecule has 1 saturated heterocycles. The van der Waals surface area contributed by atoms with Crippen molar-refractivity contribution in [2.45, 2.75) is 45.3 Å². The summed E-state index contributed by atoms with van der Waals surface area (Å²) in [5, 5.41) is 3.27. The van der Waals surface area contributed by atoms with E-state index in [0.29, 0.717) is 6.54 Å². The zero-order valence-electron chi connectivity index (χ0n) is 11.1. The van der Waals surface area contributed by atoms with Crippen molar-refractivity contribution in [2.75, 3.05) is 6.54 Å². The fourth-order valence-corrected chi connectivity index (χ4v) is 2.28. The lowest BCUT2D eigenvalue weighted by molar-refractivity contribution is -0.135. The van der Waals surface area contributed by atoms with Gasteiger partial charge >= 0.3 is 0 Å². The van der Waals surface area contributed by atoms with Gasteiger partial charge in [0.1, 0.15) is 0 Å². The van der Waals surface area contributed by atoms with Crippen molar-refractivity contribution in [3.63, 3.8) is 0 Å². The molecule has 1 N–H and O–H groups in total. The fraction of sp³-hybridized carbons (Fsp3) is 0.571. The number of amides is 1. The van der Waals surface area contributed by atoms with Crippen LogP contribution in [0.2, 0.25) is 0 Å². The van der Waals surface area contributed by atoms with Gasteiger partial charge in [0.2, 0.25) is 5.91 Å². The molecule has 98 valence electrons. The van der Waals surface area contributed by atoms with Crippen LogP contribution in [0, 0.1) is 0 Å². The molecule has 1 unspecified atom stereocenters. The van der Waals surface area contributed by atoms with Gasteiger partial charge in [0.15, 0.2) is 0 Å². The Balaban J connectivity index is 2.06. The molecule has 1 aromatic heterocycles. The van der Waals surface area contributed by atoms with Gasteiger partial charge in [-0.2, -0.15) is 0 Å². The SMILES string of the molecule is CC(C)N(Cc1ccccn1)C(=O)C1CCCN1. The van der Waals surface area contributed by atoms with Gasteiger partial charge < -0.3 is 10.2 Å². The van der Waals surface area contributed by atoms with Crippen LogP contribution < -0.4 is 5.32 Å². The Hall–Kier alpha value is -1.42. The van der Waals surface area contributed by atoms with Crippen LogP contribution in [0.3, 0.4) is 0 Å². The Morgan fingerprint density at radius 3 is 2.94 bits per heavy atom. The summed E-state index contributed by atoms with van der Waals surface area (Å²) in [4.78, 5) is 18.6. The van der Waals surface area contributed by atoms with E-state index in [1.807, 2.05) is 23.1 Å². The maximum Gasteiger partial charge on any atom is 0.240 e. The van der Waals surface area contributed by atoms with Crippen LogP contribution >= 0.6 is 0 Å². The average Bonchev–Trinajstić information content (AvgIpc) is 2.90. The third-order valence-electron chi connectivity index (χ3n) is 3.32. The third-order valence-corrected chi connectivity index (χ3v) is 3.32. The summed E-state index contributed by atoms with van der Waals surface area (Å²) >= 11 is 0. The molecule has 4 nitrogen and oxygen atoms in total. The van der Waals surface area contributed by atoms with E-state index in [9.17, 15) is 4.79 Å². The van der Waals surface area contributed by atoms with E-state index in [1.54, 1.807) is 6.20 Å². The molecule has 18 heavy (non-hydrogen) atoms. The monoisotopic (exact) mass is 247 g/mol. The highest BCUT2D eigenvalue weighted by Crippen LogP contribution is 2.13. The number of pyridine rings is 1. The van der Waals surface area contributed by atoms with Crippen molar-refractivity contribution < 1.29 is 4.79 Å². The molecule has 0 bridgehead atoms. The first-order valence-electron chi connectivity index (χ1n) is 6.62. The van der Waals surface area contributed by atoms with Gasteiger partial charge in [0.05, 0.1) is 18.3 Å². The Morgan fingerprint density at radius 2 is 2.39 bits per heavy atom. The van der Waals surface area contributed by atoms with Gasteiger partial charge in [-0.05, 0) is 45.4 Å². The molecule has 2 heterocycles. The number of hydrogen-bond acceptors (Lipinski definition) is 3. The van der Waals surface area contributed by atoms with Crippen LogP contribution in [0.5, 0.6) is 0 Å². The summed E-state index contributed by atoms with van der Waals surface area (Å²) in [5.74, 6) is 0.202. The predicted molar refractivity (Wildman–Crippen MR) is 70.9 cm³/mol. The smallest absolute Gasteiger partial charge is 0.240 e. The van der Waals surface area contributed by atoms with Crippen LogP contribution in [0.4, 0.5) is 0 Å². The minimum atomic E-state index is -0.00360. The second-order valence-corrected chi connectivity index (χ2v) is 5.03. The second-order valence-electron chi connectivity index (χ2n) is 5.03. The highest BCUT2D eigenvalue weighted by atomic mass is 16.2. The van der Waals surface area contributed by atoms with Crippen molar-refractivity contribution in [1.29, 1.82) is 0 Å². The summed E-state index contributed by atoms with van der Waals surface area (Å²) < 4.78 is 0. The van der Waals surface area contributed by atoms with Gasteiger partial charge in [0, 0.05) is 12.2 Å². The number of carbonyl (C=O) groups excluding carboxylic acids is 1. The molecule has 0 aliphatic carbocycles. The molecule has 1 fully saturated rings. The van der Waals surface area contributed by atoms with Crippen molar-refractivity contribution in [2.24, 2.45) is 0 Å². The molecule has 0 saturated carbocycles. The van der Waals surface area contributed by atoms with Gasteiger partial charge in [-0.15, -0.1) is 0 Å². The summed E-state index contributed by atoms with van der Waals surface area (Å²) in [6, 6.07) is 6.01. The van der Waals surface area contributed by atoms with E-state index in [0.717, 1.165) is 25.1 Å². The molecule has 0 radical (unpaired) electrons. The lowest BCUT2D eigenvalue weighted by Gasteiger charge is -2.29. The van der Waals surface area contributed by atoms with Crippen molar-refractivity contribution in [1.82, 2.24) is 15.2 Å². The first-order valence-corrected chi connectivity index (χ1v) is 6.62. The van der Waals surface area contributed by atoms with Crippen LogP contribution in [0.15, 0.2) is 24.4 Å². The Morgan fingerprint density at radius 1 is 1.56 bits per heavy atom. The second kappa shape index (κ2) is 5.96. The molecule has 1 aliphatic rings. The summed E-state index contributed by atoms with van der Waals surface area (Å²) in [5.41, 5.74) is 0.942. The number of aromatic nitrogens is 1. The molecule has 0 aromatic carbocycles. The van der Waals surface area contributed by atoms with E-state index in [2.05, 4.69) is 24.1 Å². The maximum atomic E-state index is 12.4. The first kappa shape index (κ1) is 13.0. The van der Waals surface area contributed by atoms with Gasteiger partial charge in [-0.3, -0.25) is 9.78 Å². The number of nitrogens with zero attached hydrogens (tertiary/aromatic N) is 2. The van der Waals surface area contributed by atoms with E-state index in [1.165, 1.54) is 0 Å². The van der Waals surface area contributed by atoms with E-state index >= 15 is 0 Å². The molecule has 4 heteroatoms. The molecule has 0 spiro atoms. The van der Waals surface area contributed by atoms with Crippen molar-refractivity contribution in [3.05, 3.63) is 30.1 Å². The largest absolute Gasteiger partial charge is 0.333 e. The Labute approximate surface area is 108 Å². The summed E-state index contributed by atoms with van der Waals surface area (Å²) in [7, 11) is 0. The molecule has 2 rings (SSSR count). The topological polar surface area (TPSA) is 45.2 Å². The molecule has 1 atom stereocenters. The van der Waals surface area contributed by atoms with Crippen LogP contribution in [0.1, 0.15) is 32.4 Å².